The number of rotatable bonds is 6. The smallest absolute Gasteiger partial charge is 0.262 e. The maximum Gasteiger partial charge on any atom is 0.262 e. The van der Waals surface area contributed by atoms with Crippen LogP contribution >= 0.6 is 23.1 Å². The molecule has 0 fully saturated rings. The fourth-order valence-corrected chi connectivity index (χ4v) is 3.24. The van der Waals surface area contributed by atoms with Gasteiger partial charge in [0.05, 0.1) is 5.60 Å². The van der Waals surface area contributed by atoms with E-state index in [2.05, 4.69) is 5.32 Å². The highest BCUT2D eigenvalue weighted by Crippen LogP contribution is 2.26. The van der Waals surface area contributed by atoms with Gasteiger partial charge in [0.15, 0.2) is 0 Å². The van der Waals surface area contributed by atoms with E-state index in [0.717, 1.165) is 16.2 Å². The van der Waals surface area contributed by atoms with Crippen LogP contribution in [0.25, 0.3) is 0 Å². The van der Waals surface area contributed by atoms with Crippen LogP contribution < -0.4 is 5.32 Å². The van der Waals surface area contributed by atoms with Crippen LogP contribution in [-0.2, 0) is 0 Å². The van der Waals surface area contributed by atoms with Crippen LogP contribution in [-0.4, -0.2) is 29.4 Å². The minimum absolute atomic E-state index is 0.0991. The first kappa shape index (κ1) is 15.5. The van der Waals surface area contributed by atoms with Crippen molar-refractivity contribution < 1.29 is 9.90 Å². The molecule has 2 unspecified atom stereocenters. The SMILES string of the molecule is CCC(C)C(C)(O)CNC(=O)c1sccc1SC. The van der Waals surface area contributed by atoms with Crippen molar-refractivity contribution in [3.05, 3.63) is 16.3 Å². The van der Waals surface area contributed by atoms with E-state index in [1.165, 1.54) is 11.3 Å². The Hall–Kier alpha value is -0.520. The van der Waals surface area contributed by atoms with E-state index in [4.69, 9.17) is 0 Å². The normalized spacial score (nSPS) is 16.1. The third-order valence-electron chi connectivity index (χ3n) is 3.34. The predicted molar refractivity (Wildman–Crippen MR) is 78.5 cm³/mol. The van der Waals surface area contributed by atoms with Crippen LogP contribution in [0.15, 0.2) is 16.3 Å². The standard InChI is InChI=1S/C13H21NO2S2/c1-5-9(2)13(3,16)8-14-12(15)11-10(17-4)6-7-18-11/h6-7,9,16H,5,8H2,1-4H3,(H,14,15). The van der Waals surface area contributed by atoms with Gasteiger partial charge in [-0.3, -0.25) is 4.79 Å². The summed E-state index contributed by atoms with van der Waals surface area (Å²) in [6.45, 7) is 6.08. The van der Waals surface area contributed by atoms with Gasteiger partial charge in [0.25, 0.3) is 5.91 Å². The number of thiophene rings is 1. The zero-order chi connectivity index (χ0) is 13.8. The summed E-state index contributed by atoms with van der Waals surface area (Å²) >= 11 is 2.99. The van der Waals surface area contributed by atoms with Crippen molar-refractivity contribution in [2.75, 3.05) is 12.8 Å². The molecule has 1 aromatic rings. The molecule has 2 N–H and O–H groups in total. The molecule has 0 spiro atoms. The van der Waals surface area contributed by atoms with E-state index in [-0.39, 0.29) is 18.4 Å². The molecule has 1 rings (SSSR count). The molecule has 18 heavy (non-hydrogen) atoms. The summed E-state index contributed by atoms with van der Waals surface area (Å²) in [6, 6.07) is 1.94. The van der Waals surface area contributed by atoms with Gasteiger partial charge in [-0.15, -0.1) is 23.1 Å². The number of amides is 1. The van der Waals surface area contributed by atoms with Gasteiger partial charge < -0.3 is 10.4 Å². The second-order valence-corrected chi connectivity index (χ2v) is 6.43. The second-order valence-electron chi connectivity index (χ2n) is 4.67. The van der Waals surface area contributed by atoms with Crippen molar-refractivity contribution in [2.45, 2.75) is 37.7 Å². The quantitative estimate of drug-likeness (QED) is 0.791. The fraction of sp³-hybridized carbons (Fsp3) is 0.615. The topological polar surface area (TPSA) is 49.3 Å². The maximum atomic E-state index is 12.0. The van der Waals surface area contributed by atoms with Crippen molar-refractivity contribution in [3.63, 3.8) is 0 Å². The van der Waals surface area contributed by atoms with Gasteiger partial charge in [0.2, 0.25) is 0 Å². The van der Waals surface area contributed by atoms with Crippen molar-refractivity contribution in [2.24, 2.45) is 5.92 Å². The highest BCUT2D eigenvalue weighted by atomic mass is 32.2. The lowest BCUT2D eigenvalue weighted by Crippen LogP contribution is -2.45. The second kappa shape index (κ2) is 6.59. The number of thioether (sulfide) groups is 1. The Labute approximate surface area is 117 Å². The van der Waals surface area contributed by atoms with Crippen LogP contribution in [0.2, 0.25) is 0 Å². The van der Waals surface area contributed by atoms with Gasteiger partial charge in [0, 0.05) is 11.4 Å². The Balaban J connectivity index is 2.62. The molecule has 3 nitrogen and oxygen atoms in total. The molecule has 2 atom stereocenters. The van der Waals surface area contributed by atoms with Crippen LogP contribution in [0, 0.1) is 5.92 Å². The monoisotopic (exact) mass is 287 g/mol. The summed E-state index contributed by atoms with van der Waals surface area (Å²) in [5.41, 5.74) is -0.860. The Morgan fingerprint density at radius 3 is 2.89 bits per heavy atom. The molecule has 1 heterocycles. The molecule has 0 bridgehead atoms. The average molecular weight is 287 g/mol. The molecule has 0 aromatic carbocycles. The first-order chi connectivity index (χ1) is 8.42. The molecule has 0 saturated carbocycles. The van der Waals surface area contributed by atoms with Crippen molar-refractivity contribution in [1.29, 1.82) is 0 Å². The maximum absolute atomic E-state index is 12.0. The average Bonchev–Trinajstić information content (AvgIpc) is 2.83. The number of nitrogens with one attached hydrogen (secondary N) is 1. The molecule has 102 valence electrons. The molecule has 1 aromatic heterocycles. The van der Waals surface area contributed by atoms with Crippen LogP contribution in [0.4, 0.5) is 0 Å². The number of carbonyl (C=O) groups is 1. The Morgan fingerprint density at radius 1 is 1.67 bits per heavy atom. The molecule has 5 heteroatoms. The van der Waals surface area contributed by atoms with E-state index in [1.807, 2.05) is 31.5 Å². The molecule has 0 aliphatic carbocycles. The summed E-state index contributed by atoms with van der Waals surface area (Å²) in [6.07, 6.45) is 2.84. The van der Waals surface area contributed by atoms with Crippen molar-refractivity contribution >= 4 is 29.0 Å². The lowest BCUT2D eigenvalue weighted by atomic mass is 9.88. The van der Waals surface area contributed by atoms with E-state index in [1.54, 1.807) is 18.7 Å². The Bertz CT molecular complexity index is 401. The van der Waals surface area contributed by atoms with Gasteiger partial charge in [-0.1, -0.05) is 20.3 Å². The largest absolute Gasteiger partial charge is 0.388 e. The molecular formula is C13H21NO2S2. The minimum Gasteiger partial charge on any atom is -0.388 e. The van der Waals surface area contributed by atoms with E-state index >= 15 is 0 Å². The van der Waals surface area contributed by atoms with E-state index in [9.17, 15) is 9.90 Å². The number of aliphatic hydroxyl groups is 1. The Kier molecular flexibility index (Phi) is 5.69. The third-order valence-corrected chi connectivity index (χ3v) is 5.16. The van der Waals surface area contributed by atoms with Gasteiger partial charge in [0.1, 0.15) is 4.88 Å². The summed E-state index contributed by atoms with van der Waals surface area (Å²) < 4.78 is 0. The summed E-state index contributed by atoms with van der Waals surface area (Å²) in [5.74, 6) is 0.0547. The lowest BCUT2D eigenvalue weighted by molar-refractivity contribution is 0.00594. The van der Waals surface area contributed by atoms with Gasteiger partial charge in [-0.05, 0) is 30.5 Å². The van der Waals surface area contributed by atoms with Gasteiger partial charge in [-0.25, -0.2) is 0 Å². The highest BCUT2D eigenvalue weighted by molar-refractivity contribution is 7.98. The zero-order valence-electron chi connectivity index (χ0n) is 11.3. The van der Waals surface area contributed by atoms with Gasteiger partial charge in [-0.2, -0.15) is 0 Å². The summed E-state index contributed by atoms with van der Waals surface area (Å²) in [4.78, 5) is 13.7. The molecule has 0 aliphatic rings. The van der Waals surface area contributed by atoms with Crippen molar-refractivity contribution in [3.8, 4) is 0 Å². The fourth-order valence-electron chi connectivity index (χ4n) is 1.58. The van der Waals surface area contributed by atoms with Crippen LogP contribution in [0.3, 0.4) is 0 Å². The molecule has 0 aliphatic heterocycles. The number of hydrogen-bond donors (Lipinski definition) is 2. The first-order valence-electron chi connectivity index (χ1n) is 6.04. The van der Waals surface area contributed by atoms with Gasteiger partial charge >= 0.3 is 0 Å². The predicted octanol–water partition coefficient (Wildman–Crippen LogP) is 3.00. The molecule has 0 radical (unpaired) electrons. The molecular weight excluding hydrogens is 266 g/mol. The first-order valence-corrected chi connectivity index (χ1v) is 8.14. The van der Waals surface area contributed by atoms with Crippen LogP contribution in [0.1, 0.15) is 36.9 Å². The zero-order valence-corrected chi connectivity index (χ0v) is 13.0. The Morgan fingerprint density at radius 2 is 2.33 bits per heavy atom. The minimum atomic E-state index is -0.860. The number of hydrogen-bond acceptors (Lipinski definition) is 4. The molecule has 1 amide bonds. The summed E-state index contributed by atoms with van der Waals surface area (Å²) in [5, 5.41) is 15.0. The lowest BCUT2D eigenvalue weighted by Gasteiger charge is -2.29. The van der Waals surface area contributed by atoms with E-state index < -0.39 is 5.60 Å². The number of carbonyl (C=O) groups excluding carboxylic acids is 1. The third kappa shape index (κ3) is 3.73. The highest BCUT2D eigenvalue weighted by Gasteiger charge is 2.28. The van der Waals surface area contributed by atoms with Crippen LogP contribution in [0.5, 0.6) is 0 Å². The molecule has 0 saturated heterocycles. The van der Waals surface area contributed by atoms with Crippen molar-refractivity contribution in [1.82, 2.24) is 5.32 Å². The summed E-state index contributed by atoms with van der Waals surface area (Å²) in [7, 11) is 0. The van der Waals surface area contributed by atoms with E-state index in [0.29, 0.717) is 0 Å².